The summed E-state index contributed by atoms with van der Waals surface area (Å²) in [7, 11) is 0. The molecular weight excluding hydrogens is 420 g/mol. The third-order valence-corrected chi connectivity index (χ3v) is 5.88. The minimum absolute atomic E-state index is 0.00555. The van der Waals surface area contributed by atoms with Crippen LogP contribution in [0.3, 0.4) is 0 Å². The van der Waals surface area contributed by atoms with Gasteiger partial charge in [0.1, 0.15) is 17.2 Å². The van der Waals surface area contributed by atoms with Crippen LogP contribution in [-0.4, -0.2) is 57.9 Å². The van der Waals surface area contributed by atoms with Gasteiger partial charge in [-0.3, -0.25) is 9.59 Å². The van der Waals surface area contributed by atoms with Crippen LogP contribution in [-0.2, 0) is 13.1 Å². The number of Topliss-reactive ketones (excluding diaryl/α,β-unsaturated/α-hetero) is 1. The van der Waals surface area contributed by atoms with Crippen molar-refractivity contribution in [2.45, 2.75) is 53.1 Å². The van der Waals surface area contributed by atoms with Gasteiger partial charge in [-0.1, -0.05) is 19.9 Å². The van der Waals surface area contributed by atoms with Gasteiger partial charge < -0.3 is 24.7 Å². The fourth-order valence-electron chi connectivity index (χ4n) is 4.25. The molecule has 0 radical (unpaired) electrons. The Hall–Kier alpha value is -3.06. The fraction of sp³-hybridized carbons (Fsp3) is 0.462. The molecule has 33 heavy (non-hydrogen) atoms. The zero-order chi connectivity index (χ0) is 24.0. The molecule has 1 aliphatic heterocycles. The molecule has 0 bridgehead atoms. The molecular formula is C26H34N2O5. The molecule has 3 rings (SSSR count). The SMILES string of the molecule is CCCN(CCC)CCCOc1ccc2c(c1)CN(C(=O)c1cc(C(C)=O)c(O)cc1O)C2. The van der Waals surface area contributed by atoms with E-state index in [4.69, 9.17) is 4.74 Å². The molecule has 1 aliphatic rings. The zero-order valence-electron chi connectivity index (χ0n) is 19.8. The van der Waals surface area contributed by atoms with Crippen molar-refractivity contribution in [2.24, 2.45) is 0 Å². The van der Waals surface area contributed by atoms with Crippen LogP contribution in [0.25, 0.3) is 0 Å². The summed E-state index contributed by atoms with van der Waals surface area (Å²) < 4.78 is 5.96. The van der Waals surface area contributed by atoms with E-state index in [1.54, 1.807) is 4.90 Å². The molecule has 0 saturated carbocycles. The predicted molar refractivity (Wildman–Crippen MR) is 127 cm³/mol. The number of hydrogen-bond donors (Lipinski definition) is 2. The van der Waals surface area contributed by atoms with Gasteiger partial charge in [0.05, 0.1) is 17.7 Å². The number of rotatable bonds is 11. The van der Waals surface area contributed by atoms with Crippen molar-refractivity contribution in [3.05, 3.63) is 52.6 Å². The standard InChI is InChI=1S/C26H34N2O5/c1-4-9-27(10-5-2)11-6-12-33-21-8-7-19-16-28(17-20(19)13-21)26(32)23-14-22(18(3)29)24(30)15-25(23)31/h7-8,13-15,30-31H,4-6,9-12,16-17H2,1-3H3. The summed E-state index contributed by atoms with van der Waals surface area (Å²) in [5, 5.41) is 20.0. The van der Waals surface area contributed by atoms with Gasteiger partial charge in [0.25, 0.3) is 5.91 Å². The molecule has 7 nitrogen and oxygen atoms in total. The van der Waals surface area contributed by atoms with E-state index in [0.717, 1.165) is 61.8 Å². The fourth-order valence-corrected chi connectivity index (χ4v) is 4.25. The largest absolute Gasteiger partial charge is 0.507 e. The number of fused-ring (bicyclic) bond motifs is 1. The highest BCUT2D eigenvalue weighted by Crippen LogP contribution is 2.32. The maximum atomic E-state index is 13.0. The van der Waals surface area contributed by atoms with E-state index in [0.29, 0.717) is 19.7 Å². The van der Waals surface area contributed by atoms with E-state index in [2.05, 4.69) is 18.7 Å². The highest BCUT2D eigenvalue weighted by atomic mass is 16.5. The lowest BCUT2D eigenvalue weighted by molar-refractivity contribution is 0.0748. The number of carbonyl (C=O) groups excluding carboxylic acids is 2. The van der Waals surface area contributed by atoms with E-state index < -0.39 is 0 Å². The van der Waals surface area contributed by atoms with E-state index in [-0.39, 0.29) is 34.3 Å². The number of amides is 1. The molecule has 0 spiro atoms. The van der Waals surface area contributed by atoms with Crippen molar-refractivity contribution in [1.82, 2.24) is 9.80 Å². The number of carbonyl (C=O) groups is 2. The van der Waals surface area contributed by atoms with Crippen molar-refractivity contribution in [3.63, 3.8) is 0 Å². The van der Waals surface area contributed by atoms with Crippen molar-refractivity contribution in [2.75, 3.05) is 26.2 Å². The third-order valence-electron chi connectivity index (χ3n) is 5.88. The summed E-state index contributed by atoms with van der Waals surface area (Å²) in [5.74, 6) is -0.661. The van der Waals surface area contributed by atoms with E-state index in [9.17, 15) is 19.8 Å². The minimum Gasteiger partial charge on any atom is -0.507 e. The summed E-state index contributed by atoms with van der Waals surface area (Å²) in [5.41, 5.74) is 2.05. The second-order valence-corrected chi connectivity index (χ2v) is 8.58. The summed E-state index contributed by atoms with van der Waals surface area (Å²) in [6.07, 6.45) is 3.26. The van der Waals surface area contributed by atoms with Gasteiger partial charge in [-0.05, 0) is 68.6 Å². The molecule has 2 aromatic carbocycles. The highest BCUT2D eigenvalue weighted by Gasteiger charge is 2.27. The quantitative estimate of drug-likeness (QED) is 0.388. The second kappa shape index (κ2) is 11.2. The molecule has 0 fully saturated rings. The monoisotopic (exact) mass is 454 g/mol. The van der Waals surface area contributed by atoms with E-state index in [1.807, 2.05) is 18.2 Å². The third kappa shape index (κ3) is 6.05. The topological polar surface area (TPSA) is 90.3 Å². The van der Waals surface area contributed by atoms with Crippen LogP contribution in [0.4, 0.5) is 0 Å². The Labute approximate surface area is 195 Å². The van der Waals surface area contributed by atoms with Crippen LogP contribution in [0.5, 0.6) is 17.2 Å². The van der Waals surface area contributed by atoms with Crippen molar-refractivity contribution in [1.29, 1.82) is 0 Å². The number of phenols is 2. The lowest BCUT2D eigenvalue weighted by Crippen LogP contribution is -2.27. The van der Waals surface area contributed by atoms with Gasteiger partial charge in [0, 0.05) is 25.7 Å². The molecule has 7 heteroatoms. The number of ether oxygens (including phenoxy) is 1. The van der Waals surface area contributed by atoms with Crippen molar-refractivity contribution >= 4 is 11.7 Å². The van der Waals surface area contributed by atoms with Gasteiger partial charge in [-0.25, -0.2) is 0 Å². The summed E-state index contributed by atoms with van der Waals surface area (Å²) in [4.78, 5) is 28.8. The van der Waals surface area contributed by atoms with Gasteiger partial charge in [0.2, 0.25) is 0 Å². The molecule has 2 aromatic rings. The Morgan fingerprint density at radius 3 is 2.27 bits per heavy atom. The van der Waals surface area contributed by atoms with Gasteiger partial charge in [0.15, 0.2) is 5.78 Å². The number of hydrogen-bond acceptors (Lipinski definition) is 6. The second-order valence-electron chi connectivity index (χ2n) is 8.58. The predicted octanol–water partition coefficient (Wildman–Crippen LogP) is 4.35. The van der Waals surface area contributed by atoms with E-state index in [1.165, 1.54) is 13.0 Å². The Morgan fingerprint density at radius 1 is 0.939 bits per heavy atom. The van der Waals surface area contributed by atoms with Crippen LogP contribution in [0.2, 0.25) is 0 Å². The molecule has 0 unspecified atom stereocenters. The average molecular weight is 455 g/mol. The molecule has 0 aliphatic carbocycles. The first-order chi connectivity index (χ1) is 15.8. The number of benzene rings is 2. The normalized spacial score (nSPS) is 12.8. The lowest BCUT2D eigenvalue weighted by Gasteiger charge is -2.20. The molecule has 0 aromatic heterocycles. The van der Waals surface area contributed by atoms with Crippen LogP contribution in [0.15, 0.2) is 30.3 Å². The maximum absolute atomic E-state index is 13.0. The Bertz CT molecular complexity index is 998. The van der Waals surface area contributed by atoms with Crippen LogP contribution >= 0.6 is 0 Å². The van der Waals surface area contributed by atoms with Crippen molar-refractivity contribution in [3.8, 4) is 17.2 Å². The zero-order valence-corrected chi connectivity index (χ0v) is 19.8. The first-order valence-corrected chi connectivity index (χ1v) is 11.7. The number of phenolic OH excluding ortho intramolecular Hbond substituents is 2. The molecule has 0 saturated heterocycles. The first-order valence-electron chi connectivity index (χ1n) is 11.7. The number of ketones is 1. The smallest absolute Gasteiger partial charge is 0.258 e. The molecule has 1 amide bonds. The Kier molecular flexibility index (Phi) is 8.33. The highest BCUT2D eigenvalue weighted by molar-refractivity contribution is 6.03. The van der Waals surface area contributed by atoms with E-state index >= 15 is 0 Å². The summed E-state index contributed by atoms with van der Waals surface area (Å²) in [6.45, 7) is 10.4. The molecule has 0 atom stereocenters. The maximum Gasteiger partial charge on any atom is 0.258 e. The van der Waals surface area contributed by atoms with Crippen molar-refractivity contribution < 1.29 is 24.5 Å². The van der Waals surface area contributed by atoms with Gasteiger partial charge >= 0.3 is 0 Å². The van der Waals surface area contributed by atoms with Crippen LogP contribution in [0, 0.1) is 0 Å². The number of nitrogens with zero attached hydrogens (tertiary/aromatic N) is 2. The summed E-state index contributed by atoms with van der Waals surface area (Å²) >= 11 is 0. The Balaban J connectivity index is 1.60. The molecule has 1 heterocycles. The molecule has 2 N–H and O–H groups in total. The molecule has 178 valence electrons. The lowest BCUT2D eigenvalue weighted by atomic mass is 10.0. The van der Waals surface area contributed by atoms with Crippen LogP contribution < -0.4 is 4.74 Å². The van der Waals surface area contributed by atoms with Gasteiger partial charge in [-0.15, -0.1) is 0 Å². The minimum atomic E-state index is -0.388. The summed E-state index contributed by atoms with van der Waals surface area (Å²) in [6, 6.07) is 8.16. The number of aromatic hydroxyl groups is 2. The first kappa shape index (κ1) is 24.6. The average Bonchev–Trinajstić information content (AvgIpc) is 3.20. The van der Waals surface area contributed by atoms with Crippen LogP contribution in [0.1, 0.15) is 71.9 Å². The Morgan fingerprint density at radius 2 is 1.61 bits per heavy atom. The van der Waals surface area contributed by atoms with Gasteiger partial charge in [-0.2, -0.15) is 0 Å².